The number of benzene rings is 1. The number of carbonyl (C=O) groups excluding carboxylic acids is 1. The SMILES string of the molecule is COc1cc(C)c(S(=O)(=O)NC(N)=NCCC[C@H](N)C(=O)CCl)c(C)c1C. The number of nitrogens with one attached hydrogen (secondary N) is 1. The predicted molar refractivity (Wildman–Crippen MR) is 107 cm³/mol. The van der Waals surface area contributed by atoms with E-state index < -0.39 is 16.1 Å². The van der Waals surface area contributed by atoms with Crippen LogP contribution in [-0.4, -0.2) is 45.7 Å². The minimum atomic E-state index is -3.90. The van der Waals surface area contributed by atoms with Gasteiger partial charge in [-0.3, -0.25) is 9.79 Å². The summed E-state index contributed by atoms with van der Waals surface area (Å²) in [6.07, 6.45) is 0.872. The molecule has 0 saturated heterocycles. The molecular weight excluding hydrogens is 392 g/mol. The van der Waals surface area contributed by atoms with Gasteiger partial charge in [0.1, 0.15) is 5.75 Å². The predicted octanol–water partition coefficient (Wildman–Crippen LogP) is 1.13. The van der Waals surface area contributed by atoms with Gasteiger partial charge in [0.15, 0.2) is 5.78 Å². The molecule has 0 aliphatic heterocycles. The van der Waals surface area contributed by atoms with Crippen LogP contribution in [-0.2, 0) is 14.8 Å². The molecule has 0 unspecified atom stereocenters. The number of alkyl halides is 1. The van der Waals surface area contributed by atoms with Crippen molar-refractivity contribution in [1.29, 1.82) is 0 Å². The van der Waals surface area contributed by atoms with E-state index in [1.54, 1.807) is 26.8 Å². The van der Waals surface area contributed by atoms with Crippen LogP contribution in [0.1, 0.15) is 29.5 Å². The van der Waals surface area contributed by atoms with Gasteiger partial charge in [-0.05, 0) is 56.4 Å². The lowest BCUT2D eigenvalue weighted by molar-refractivity contribution is -0.118. The van der Waals surface area contributed by atoms with E-state index in [0.29, 0.717) is 29.7 Å². The standard InChI is InChI=1S/C17H27ClN4O4S/c1-10-8-15(26-4)11(2)12(3)16(10)27(24,25)22-17(20)21-7-5-6-13(19)14(23)9-18/h8,13H,5-7,9,19H2,1-4H3,(H3,20,21,22)/t13-/m0/s1. The number of carbonyl (C=O) groups is 1. The monoisotopic (exact) mass is 418 g/mol. The Bertz CT molecular complexity index is 825. The molecular formula is C17H27ClN4O4S. The number of rotatable bonds is 9. The molecule has 27 heavy (non-hydrogen) atoms. The fourth-order valence-corrected chi connectivity index (χ4v) is 4.32. The van der Waals surface area contributed by atoms with E-state index in [-0.39, 0.29) is 29.1 Å². The van der Waals surface area contributed by atoms with E-state index >= 15 is 0 Å². The summed E-state index contributed by atoms with van der Waals surface area (Å²) in [6.45, 7) is 5.42. The zero-order valence-corrected chi connectivity index (χ0v) is 17.6. The van der Waals surface area contributed by atoms with Crippen LogP contribution < -0.4 is 20.9 Å². The first-order chi connectivity index (χ1) is 12.5. The molecule has 1 atom stereocenters. The van der Waals surface area contributed by atoms with E-state index in [2.05, 4.69) is 9.71 Å². The molecule has 1 rings (SSSR count). The van der Waals surface area contributed by atoms with Crippen LogP contribution in [0.2, 0.25) is 0 Å². The smallest absolute Gasteiger partial charge is 0.264 e. The lowest BCUT2D eigenvalue weighted by Crippen LogP contribution is -2.37. The third-order valence-corrected chi connectivity index (χ3v) is 6.11. The van der Waals surface area contributed by atoms with Gasteiger partial charge in [0.25, 0.3) is 10.0 Å². The van der Waals surface area contributed by atoms with E-state index in [1.165, 1.54) is 7.11 Å². The molecule has 0 fully saturated rings. The van der Waals surface area contributed by atoms with Crippen molar-refractivity contribution >= 4 is 33.4 Å². The summed E-state index contributed by atoms with van der Waals surface area (Å²) in [5.74, 6) is 0.0230. The second-order valence-electron chi connectivity index (χ2n) is 6.20. The number of hydrogen-bond donors (Lipinski definition) is 3. The summed E-state index contributed by atoms with van der Waals surface area (Å²) >= 11 is 5.43. The molecule has 0 aliphatic rings. The summed E-state index contributed by atoms with van der Waals surface area (Å²) in [6, 6.07) is 1.02. The van der Waals surface area contributed by atoms with E-state index in [1.807, 2.05) is 0 Å². The van der Waals surface area contributed by atoms with Gasteiger partial charge >= 0.3 is 0 Å². The maximum Gasteiger partial charge on any atom is 0.264 e. The molecule has 0 heterocycles. The van der Waals surface area contributed by atoms with E-state index in [9.17, 15) is 13.2 Å². The summed E-state index contributed by atoms with van der Waals surface area (Å²) in [4.78, 5) is 15.4. The Kier molecular flexibility index (Phi) is 8.52. The number of nitrogens with zero attached hydrogens (tertiary/aromatic N) is 1. The molecule has 152 valence electrons. The Morgan fingerprint density at radius 1 is 1.33 bits per heavy atom. The van der Waals surface area contributed by atoms with Crippen molar-refractivity contribution < 1.29 is 17.9 Å². The number of halogens is 1. The maximum atomic E-state index is 12.7. The van der Waals surface area contributed by atoms with Crippen molar-refractivity contribution in [1.82, 2.24) is 4.72 Å². The molecule has 8 nitrogen and oxygen atoms in total. The number of guanidine groups is 1. The number of methoxy groups -OCH3 is 1. The van der Waals surface area contributed by atoms with Gasteiger partial charge < -0.3 is 16.2 Å². The molecule has 0 saturated carbocycles. The fourth-order valence-electron chi connectivity index (χ4n) is 2.64. The highest BCUT2D eigenvalue weighted by atomic mass is 35.5. The average Bonchev–Trinajstić information content (AvgIpc) is 2.60. The van der Waals surface area contributed by atoms with Crippen LogP contribution >= 0.6 is 11.6 Å². The Morgan fingerprint density at radius 3 is 2.52 bits per heavy atom. The largest absolute Gasteiger partial charge is 0.496 e. The number of ether oxygens (including phenoxy) is 1. The van der Waals surface area contributed by atoms with E-state index in [0.717, 1.165) is 5.56 Å². The van der Waals surface area contributed by atoms with Crippen molar-refractivity contribution in [2.24, 2.45) is 16.5 Å². The Labute approximate surface area is 165 Å². The normalized spacial score (nSPS) is 13.3. The Hall–Kier alpha value is -1.84. The highest BCUT2D eigenvalue weighted by Gasteiger charge is 2.23. The van der Waals surface area contributed by atoms with Crippen LogP contribution in [0.15, 0.2) is 16.0 Å². The number of Topliss-reactive ketones (excluding diaryl/α,β-unsaturated/α-hetero) is 1. The second kappa shape index (κ2) is 9.91. The minimum Gasteiger partial charge on any atom is -0.496 e. The molecule has 1 aromatic carbocycles. The van der Waals surface area contributed by atoms with Crippen LogP contribution in [0.4, 0.5) is 0 Å². The van der Waals surface area contributed by atoms with Crippen LogP contribution in [0.5, 0.6) is 5.75 Å². The first kappa shape index (κ1) is 23.2. The average molecular weight is 419 g/mol. The van der Waals surface area contributed by atoms with Crippen molar-refractivity contribution in [3.05, 3.63) is 22.8 Å². The second-order valence-corrected chi connectivity index (χ2v) is 8.08. The summed E-state index contributed by atoms with van der Waals surface area (Å²) in [7, 11) is -2.36. The zero-order chi connectivity index (χ0) is 20.8. The number of ketones is 1. The van der Waals surface area contributed by atoms with Gasteiger partial charge in [-0.2, -0.15) is 0 Å². The molecule has 0 amide bonds. The Morgan fingerprint density at radius 2 is 1.96 bits per heavy atom. The molecule has 1 aromatic rings. The van der Waals surface area contributed by atoms with E-state index in [4.69, 9.17) is 27.8 Å². The maximum absolute atomic E-state index is 12.7. The number of nitrogens with two attached hydrogens (primary N) is 2. The number of sulfonamides is 1. The summed E-state index contributed by atoms with van der Waals surface area (Å²) in [5, 5.41) is 0. The highest BCUT2D eigenvalue weighted by Crippen LogP contribution is 2.30. The topological polar surface area (TPSA) is 137 Å². The van der Waals surface area contributed by atoms with Gasteiger partial charge in [-0.1, -0.05) is 0 Å². The third-order valence-electron chi connectivity index (χ3n) is 4.21. The van der Waals surface area contributed by atoms with Gasteiger partial charge in [0.2, 0.25) is 5.96 Å². The first-order valence-corrected chi connectivity index (χ1v) is 10.4. The van der Waals surface area contributed by atoms with Crippen molar-refractivity contribution in [3.8, 4) is 5.75 Å². The van der Waals surface area contributed by atoms with Crippen molar-refractivity contribution in [2.45, 2.75) is 44.6 Å². The molecule has 0 radical (unpaired) electrons. The Balaban J connectivity index is 2.86. The van der Waals surface area contributed by atoms with Crippen LogP contribution in [0, 0.1) is 20.8 Å². The molecule has 0 spiro atoms. The number of aliphatic imine (C=N–C) groups is 1. The third kappa shape index (κ3) is 6.08. The van der Waals surface area contributed by atoms with Crippen molar-refractivity contribution in [3.63, 3.8) is 0 Å². The zero-order valence-electron chi connectivity index (χ0n) is 16.0. The summed E-state index contributed by atoms with van der Waals surface area (Å²) in [5.41, 5.74) is 13.2. The lowest BCUT2D eigenvalue weighted by atomic mass is 10.1. The lowest BCUT2D eigenvalue weighted by Gasteiger charge is -2.16. The quantitative estimate of drug-likeness (QED) is 0.238. The number of hydrogen-bond acceptors (Lipinski definition) is 6. The van der Waals surface area contributed by atoms with Crippen molar-refractivity contribution in [2.75, 3.05) is 19.5 Å². The van der Waals surface area contributed by atoms with Crippen LogP contribution in [0.3, 0.4) is 0 Å². The molecule has 10 heteroatoms. The van der Waals surface area contributed by atoms with Gasteiger partial charge in [-0.15, -0.1) is 11.6 Å². The molecule has 0 aliphatic carbocycles. The highest BCUT2D eigenvalue weighted by molar-refractivity contribution is 7.90. The summed E-state index contributed by atoms with van der Waals surface area (Å²) < 4.78 is 33.0. The van der Waals surface area contributed by atoms with Gasteiger partial charge in [-0.25, -0.2) is 13.1 Å². The van der Waals surface area contributed by atoms with Crippen LogP contribution in [0.25, 0.3) is 0 Å². The number of aryl methyl sites for hydroxylation is 1. The minimum absolute atomic E-state index is 0.133. The van der Waals surface area contributed by atoms with Gasteiger partial charge in [0.05, 0.1) is 23.9 Å². The fraction of sp³-hybridized carbons (Fsp3) is 0.529. The van der Waals surface area contributed by atoms with Gasteiger partial charge in [0, 0.05) is 6.54 Å². The first-order valence-electron chi connectivity index (χ1n) is 8.37. The molecule has 0 aromatic heterocycles. The molecule has 0 bridgehead atoms. The molecule has 5 N–H and O–H groups in total.